The molecule has 0 aromatic rings. The topological polar surface area (TPSA) is 82.4 Å². The summed E-state index contributed by atoms with van der Waals surface area (Å²) in [6, 6.07) is 0. The quantitative estimate of drug-likeness (QED) is 0.799. The Kier molecular flexibility index (Phi) is 4.71. The molecule has 7 heteroatoms. The molecule has 7 nitrogen and oxygen atoms in total. The van der Waals surface area contributed by atoms with Crippen molar-refractivity contribution >= 4 is 18.0 Å². The summed E-state index contributed by atoms with van der Waals surface area (Å²) < 4.78 is 5.46. The molecule has 0 spiro atoms. The fourth-order valence-corrected chi connectivity index (χ4v) is 3.92. The Bertz CT molecular complexity index is 520. The summed E-state index contributed by atoms with van der Waals surface area (Å²) in [5.41, 5.74) is -0.837. The van der Waals surface area contributed by atoms with Crippen molar-refractivity contribution in [2.24, 2.45) is 10.9 Å². The van der Waals surface area contributed by atoms with Crippen molar-refractivity contribution in [3.05, 3.63) is 0 Å². The second-order valence-corrected chi connectivity index (χ2v) is 7.57. The summed E-state index contributed by atoms with van der Waals surface area (Å²) >= 11 is 0. The van der Waals surface area contributed by atoms with Crippen molar-refractivity contribution in [1.29, 1.82) is 0 Å². The summed E-state index contributed by atoms with van der Waals surface area (Å²) in [4.78, 5) is 30.8. The normalized spacial score (nSPS) is 29.3. The van der Waals surface area contributed by atoms with E-state index in [9.17, 15) is 9.59 Å². The Labute approximate surface area is 137 Å². The van der Waals surface area contributed by atoms with E-state index in [0.717, 1.165) is 12.8 Å². The third-order valence-electron chi connectivity index (χ3n) is 4.86. The van der Waals surface area contributed by atoms with Crippen molar-refractivity contribution in [3.63, 3.8) is 0 Å². The summed E-state index contributed by atoms with van der Waals surface area (Å²) in [6.45, 7) is 9.46. The SMILES string of the molecule is CN1C(=O)C[C@@](C)(C2CCOCC2)N(C(C)(C)C)C1=NC(=O)O. The highest BCUT2D eigenvalue weighted by atomic mass is 16.5. The monoisotopic (exact) mass is 325 g/mol. The van der Waals surface area contributed by atoms with Gasteiger partial charge >= 0.3 is 6.09 Å². The molecule has 2 saturated heterocycles. The van der Waals surface area contributed by atoms with E-state index in [0.29, 0.717) is 19.6 Å². The zero-order valence-corrected chi connectivity index (χ0v) is 14.6. The van der Waals surface area contributed by atoms with Gasteiger partial charge in [0.15, 0.2) is 0 Å². The van der Waals surface area contributed by atoms with Crippen LogP contribution in [0.25, 0.3) is 0 Å². The second-order valence-electron chi connectivity index (χ2n) is 7.57. The molecule has 2 amide bonds. The summed E-state index contributed by atoms with van der Waals surface area (Å²) in [6.07, 6.45) is 0.787. The van der Waals surface area contributed by atoms with Gasteiger partial charge in [-0.15, -0.1) is 4.99 Å². The van der Waals surface area contributed by atoms with E-state index in [1.165, 1.54) is 4.90 Å². The Hall–Kier alpha value is -1.63. The van der Waals surface area contributed by atoms with Gasteiger partial charge in [-0.2, -0.15) is 0 Å². The number of carbonyl (C=O) groups excluding carboxylic acids is 1. The van der Waals surface area contributed by atoms with Crippen molar-refractivity contribution < 1.29 is 19.4 Å². The van der Waals surface area contributed by atoms with E-state index in [1.807, 2.05) is 25.7 Å². The number of amides is 2. The highest BCUT2D eigenvalue weighted by Crippen LogP contribution is 2.42. The van der Waals surface area contributed by atoms with Gasteiger partial charge in [0.25, 0.3) is 0 Å². The number of nitrogens with zero attached hydrogens (tertiary/aromatic N) is 3. The maximum absolute atomic E-state index is 12.5. The minimum atomic E-state index is -1.29. The van der Waals surface area contributed by atoms with Crippen LogP contribution in [-0.2, 0) is 9.53 Å². The van der Waals surface area contributed by atoms with Gasteiger partial charge in [0.1, 0.15) is 0 Å². The lowest BCUT2D eigenvalue weighted by Gasteiger charge is -2.58. The van der Waals surface area contributed by atoms with Gasteiger partial charge in [-0.25, -0.2) is 4.79 Å². The van der Waals surface area contributed by atoms with Crippen molar-refractivity contribution in [2.45, 2.75) is 58.0 Å². The molecule has 23 heavy (non-hydrogen) atoms. The predicted molar refractivity (Wildman–Crippen MR) is 86.4 cm³/mol. The van der Waals surface area contributed by atoms with Crippen LogP contribution in [0, 0.1) is 5.92 Å². The largest absolute Gasteiger partial charge is 0.463 e. The van der Waals surface area contributed by atoms with Crippen LogP contribution in [0.5, 0.6) is 0 Å². The van der Waals surface area contributed by atoms with Gasteiger partial charge in [0.05, 0.1) is 12.0 Å². The zero-order chi connectivity index (χ0) is 17.4. The lowest BCUT2D eigenvalue weighted by atomic mass is 9.73. The average Bonchev–Trinajstić information content (AvgIpc) is 2.43. The molecule has 2 rings (SSSR count). The zero-order valence-electron chi connectivity index (χ0n) is 14.6. The maximum Gasteiger partial charge on any atom is 0.434 e. The van der Waals surface area contributed by atoms with Crippen LogP contribution in [0.3, 0.4) is 0 Å². The first-order valence-corrected chi connectivity index (χ1v) is 8.03. The van der Waals surface area contributed by atoms with Gasteiger partial charge in [0.2, 0.25) is 11.9 Å². The van der Waals surface area contributed by atoms with Crippen LogP contribution in [0.2, 0.25) is 0 Å². The van der Waals surface area contributed by atoms with Crippen LogP contribution in [0.1, 0.15) is 47.0 Å². The first-order chi connectivity index (χ1) is 10.6. The molecule has 0 aromatic carbocycles. The number of ether oxygens (including phenoxy) is 1. The molecule has 2 aliphatic heterocycles. The van der Waals surface area contributed by atoms with Crippen molar-refractivity contribution in [2.75, 3.05) is 20.3 Å². The number of aliphatic imine (C=N–C) groups is 1. The van der Waals surface area contributed by atoms with Crippen LogP contribution < -0.4 is 0 Å². The molecule has 2 fully saturated rings. The van der Waals surface area contributed by atoms with E-state index in [1.54, 1.807) is 7.05 Å². The second kappa shape index (κ2) is 6.11. The molecule has 1 atom stereocenters. The molecule has 0 bridgehead atoms. The predicted octanol–water partition coefficient (Wildman–Crippen LogP) is 2.17. The summed E-state index contributed by atoms with van der Waals surface area (Å²) in [5.74, 6) is 0.377. The third kappa shape index (κ3) is 3.34. The fraction of sp³-hybridized carbons (Fsp3) is 0.812. The number of carbonyl (C=O) groups is 2. The van der Waals surface area contributed by atoms with Crippen LogP contribution in [-0.4, -0.2) is 64.2 Å². The Morgan fingerprint density at radius 3 is 2.39 bits per heavy atom. The molecule has 2 aliphatic rings. The van der Waals surface area contributed by atoms with Crippen molar-refractivity contribution in [1.82, 2.24) is 9.80 Å². The van der Waals surface area contributed by atoms with Gasteiger partial charge in [-0.05, 0) is 46.5 Å². The van der Waals surface area contributed by atoms with E-state index in [4.69, 9.17) is 9.84 Å². The lowest BCUT2D eigenvalue weighted by molar-refractivity contribution is -0.137. The van der Waals surface area contributed by atoms with Gasteiger partial charge in [-0.3, -0.25) is 9.69 Å². The molecular weight excluding hydrogens is 298 g/mol. The summed E-state index contributed by atoms with van der Waals surface area (Å²) in [7, 11) is 1.59. The Balaban J connectivity index is 2.54. The average molecular weight is 325 g/mol. The minimum Gasteiger partial charge on any atom is -0.463 e. The molecule has 0 unspecified atom stereocenters. The summed E-state index contributed by atoms with van der Waals surface area (Å²) in [5, 5.41) is 9.16. The number of guanidine groups is 1. The van der Waals surface area contributed by atoms with Crippen LogP contribution in [0.15, 0.2) is 4.99 Å². The van der Waals surface area contributed by atoms with E-state index < -0.39 is 11.6 Å². The highest BCUT2D eigenvalue weighted by molar-refractivity contribution is 6.03. The van der Waals surface area contributed by atoms with Crippen LogP contribution >= 0.6 is 0 Å². The Morgan fingerprint density at radius 1 is 1.35 bits per heavy atom. The molecule has 2 heterocycles. The van der Waals surface area contributed by atoms with E-state index in [-0.39, 0.29) is 23.3 Å². The van der Waals surface area contributed by atoms with E-state index >= 15 is 0 Å². The Morgan fingerprint density at radius 2 is 1.91 bits per heavy atom. The highest BCUT2D eigenvalue weighted by Gasteiger charge is 2.52. The smallest absolute Gasteiger partial charge is 0.434 e. The minimum absolute atomic E-state index is 0.0977. The fourth-order valence-electron chi connectivity index (χ4n) is 3.92. The maximum atomic E-state index is 12.5. The number of rotatable bonds is 1. The van der Waals surface area contributed by atoms with Crippen molar-refractivity contribution in [3.8, 4) is 0 Å². The molecule has 0 radical (unpaired) electrons. The molecule has 0 aromatic heterocycles. The van der Waals surface area contributed by atoms with Crippen LogP contribution in [0.4, 0.5) is 4.79 Å². The molecule has 0 saturated carbocycles. The van der Waals surface area contributed by atoms with E-state index in [2.05, 4.69) is 11.9 Å². The van der Waals surface area contributed by atoms with Gasteiger partial charge in [-0.1, -0.05) is 0 Å². The molecule has 130 valence electrons. The number of carboxylic acid groups (broad SMARTS) is 1. The number of hydrogen-bond donors (Lipinski definition) is 1. The molecular formula is C16H27N3O4. The molecule has 0 aliphatic carbocycles. The third-order valence-corrected chi connectivity index (χ3v) is 4.86. The molecule has 1 N–H and O–H groups in total. The standard InChI is InChI=1S/C16H27N3O4/c1-15(2,3)19-13(17-14(21)22)18(5)12(20)10-16(19,4)11-6-8-23-9-7-11/h11H,6-10H2,1-5H3,(H,21,22)/t16-/m0/s1. The van der Waals surface area contributed by atoms with Gasteiger partial charge in [0, 0.05) is 25.8 Å². The first-order valence-electron chi connectivity index (χ1n) is 8.03. The first kappa shape index (κ1) is 17.7. The number of hydrogen-bond acceptors (Lipinski definition) is 3. The van der Waals surface area contributed by atoms with Gasteiger partial charge < -0.3 is 14.7 Å². The lowest BCUT2D eigenvalue weighted by Crippen LogP contribution is -2.70.